The fourth-order valence-corrected chi connectivity index (χ4v) is 6.12. The van der Waals surface area contributed by atoms with Gasteiger partial charge >= 0.3 is 5.97 Å². The van der Waals surface area contributed by atoms with Crippen molar-refractivity contribution in [3.05, 3.63) is 95.1 Å². The number of carbonyl (C=O) groups excluding carboxylic acids is 2. The maximum absolute atomic E-state index is 13.4. The SMILES string of the molecule is Cc1cccc(N2C(=O)/C(=C/c3cc(I)c(OCc4ccc(C(=O)O)cc4)c(I)c3)C(=O)NC2=S)c1C. The molecule has 1 saturated heterocycles. The molecule has 0 radical (unpaired) electrons. The minimum absolute atomic E-state index is 0.0201. The molecule has 188 valence electrons. The second kappa shape index (κ2) is 11.3. The van der Waals surface area contributed by atoms with Crippen LogP contribution in [0.5, 0.6) is 5.75 Å². The van der Waals surface area contributed by atoms with Gasteiger partial charge in [0.15, 0.2) is 5.11 Å². The van der Waals surface area contributed by atoms with Gasteiger partial charge in [-0.3, -0.25) is 19.8 Å². The molecule has 0 unspecified atom stereocenters. The maximum atomic E-state index is 13.4. The van der Waals surface area contributed by atoms with E-state index in [9.17, 15) is 14.4 Å². The summed E-state index contributed by atoms with van der Waals surface area (Å²) in [5, 5.41) is 11.7. The van der Waals surface area contributed by atoms with E-state index < -0.39 is 17.8 Å². The van der Waals surface area contributed by atoms with E-state index in [0.29, 0.717) is 17.0 Å². The van der Waals surface area contributed by atoms with Gasteiger partial charge in [-0.25, -0.2) is 4.79 Å². The zero-order valence-electron chi connectivity index (χ0n) is 19.7. The molecule has 7 nitrogen and oxygen atoms in total. The van der Waals surface area contributed by atoms with Crippen LogP contribution in [0.25, 0.3) is 6.08 Å². The lowest BCUT2D eigenvalue weighted by Crippen LogP contribution is -2.54. The third-order valence-electron chi connectivity index (χ3n) is 5.83. The first-order valence-electron chi connectivity index (χ1n) is 11.0. The Labute approximate surface area is 246 Å². The number of aromatic carboxylic acids is 1. The summed E-state index contributed by atoms with van der Waals surface area (Å²) in [6.45, 7) is 4.12. The van der Waals surface area contributed by atoms with Gasteiger partial charge in [0.05, 0.1) is 18.4 Å². The number of halogens is 2. The van der Waals surface area contributed by atoms with Crippen LogP contribution in [-0.2, 0) is 16.2 Å². The molecule has 2 amide bonds. The minimum Gasteiger partial charge on any atom is -0.487 e. The predicted octanol–water partition coefficient (Wildman–Crippen LogP) is 5.62. The Bertz CT molecular complexity index is 1460. The first-order valence-corrected chi connectivity index (χ1v) is 13.5. The number of carbonyl (C=O) groups is 3. The quantitative estimate of drug-likeness (QED) is 0.148. The number of nitrogens with zero attached hydrogens (tertiary/aromatic N) is 1. The van der Waals surface area contributed by atoms with Crippen molar-refractivity contribution in [2.75, 3.05) is 4.90 Å². The summed E-state index contributed by atoms with van der Waals surface area (Å²) in [5.41, 5.74) is 4.22. The Morgan fingerprint density at radius 1 is 1.08 bits per heavy atom. The summed E-state index contributed by atoms with van der Waals surface area (Å²) in [6.07, 6.45) is 1.55. The first-order chi connectivity index (χ1) is 17.6. The van der Waals surface area contributed by atoms with E-state index in [4.69, 9.17) is 22.1 Å². The lowest BCUT2D eigenvalue weighted by atomic mass is 10.0. The third kappa shape index (κ3) is 5.85. The molecule has 2 N–H and O–H groups in total. The monoisotopic (exact) mass is 738 g/mol. The highest BCUT2D eigenvalue weighted by Gasteiger charge is 2.35. The molecule has 1 aliphatic rings. The standard InChI is InChI=1S/C27H20I2N2O5S/c1-14-4-3-5-22(15(14)2)31-25(33)19(24(32)30-27(31)37)10-17-11-20(28)23(21(29)12-17)36-13-16-6-8-18(9-7-16)26(34)35/h3-12H,13H2,1-2H3,(H,34,35)(H,30,32,37)/b19-10+. The number of aryl methyl sites for hydroxylation is 1. The maximum Gasteiger partial charge on any atom is 0.335 e. The second-order valence-corrected chi connectivity index (χ2v) is 11.0. The number of benzene rings is 3. The molecule has 3 aromatic carbocycles. The summed E-state index contributed by atoms with van der Waals surface area (Å²) < 4.78 is 7.59. The lowest BCUT2D eigenvalue weighted by Gasteiger charge is -2.30. The summed E-state index contributed by atoms with van der Waals surface area (Å²) in [5.74, 6) is -1.36. The Morgan fingerprint density at radius 3 is 2.35 bits per heavy atom. The number of carboxylic acid groups (broad SMARTS) is 1. The molecule has 0 saturated carbocycles. The number of carboxylic acids is 1. The normalized spacial score (nSPS) is 14.6. The van der Waals surface area contributed by atoms with Crippen LogP contribution in [0.2, 0.25) is 0 Å². The second-order valence-electron chi connectivity index (χ2n) is 8.28. The van der Waals surface area contributed by atoms with Gasteiger partial charge in [0, 0.05) is 0 Å². The van der Waals surface area contributed by atoms with Crippen LogP contribution >= 0.6 is 57.4 Å². The fraction of sp³-hybridized carbons (Fsp3) is 0.111. The Morgan fingerprint density at radius 2 is 1.73 bits per heavy atom. The number of amides is 2. The average molecular weight is 738 g/mol. The number of ether oxygens (including phenoxy) is 1. The van der Waals surface area contributed by atoms with Crippen LogP contribution in [0.4, 0.5) is 5.69 Å². The van der Waals surface area contributed by atoms with Crippen LogP contribution in [0, 0.1) is 21.0 Å². The fourth-order valence-electron chi connectivity index (χ4n) is 3.72. The molecule has 0 aliphatic carbocycles. The van der Waals surface area contributed by atoms with E-state index in [0.717, 1.165) is 23.8 Å². The van der Waals surface area contributed by atoms with Crippen LogP contribution in [0.3, 0.4) is 0 Å². The largest absolute Gasteiger partial charge is 0.487 e. The van der Waals surface area contributed by atoms with Gasteiger partial charge < -0.3 is 9.84 Å². The van der Waals surface area contributed by atoms with Crippen LogP contribution in [0.1, 0.15) is 32.6 Å². The molecule has 37 heavy (non-hydrogen) atoms. The van der Waals surface area contributed by atoms with Gasteiger partial charge in [-0.05, 0) is 130 Å². The highest BCUT2D eigenvalue weighted by Crippen LogP contribution is 2.32. The molecule has 1 aliphatic heterocycles. The number of hydrogen-bond donors (Lipinski definition) is 2. The Kier molecular flexibility index (Phi) is 8.29. The van der Waals surface area contributed by atoms with Gasteiger partial charge in [-0.1, -0.05) is 24.3 Å². The summed E-state index contributed by atoms with van der Waals surface area (Å²) >= 11 is 9.62. The van der Waals surface area contributed by atoms with Gasteiger partial charge in [0.25, 0.3) is 11.8 Å². The van der Waals surface area contributed by atoms with E-state index >= 15 is 0 Å². The van der Waals surface area contributed by atoms with Crippen LogP contribution in [0.15, 0.2) is 60.2 Å². The average Bonchev–Trinajstić information content (AvgIpc) is 2.84. The predicted molar refractivity (Wildman–Crippen MR) is 162 cm³/mol. The van der Waals surface area contributed by atoms with Gasteiger partial charge in [-0.15, -0.1) is 0 Å². The molecule has 3 aromatic rings. The molecule has 0 spiro atoms. The first kappa shape index (κ1) is 27.2. The highest BCUT2D eigenvalue weighted by molar-refractivity contribution is 14.1. The molecule has 0 bridgehead atoms. The minimum atomic E-state index is -0.981. The van der Waals surface area contributed by atoms with Gasteiger partial charge in [0.2, 0.25) is 0 Å². The topological polar surface area (TPSA) is 95.9 Å². The molecule has 4 rings (SSSR count). The molecular formula is C27H20I2N2O5S. The smallest absolute Gasteiger partial charge is 0.335 e. The van der Waals surface area contributed by atoms with E-state index in [1.807, 2.05) is 38.1 Å². The van der Waals surface area contributed by atoms with E-state index in [1.165, 1.54) is 17.0 Å². The molecule has 1 heterocycles. The van der Waals surface area contributed by atoms with E-state index in [1.54, 1.807) is 24.3 Å². The van der Waals surface area contributed by atoms with Crippen molar-refractivity contribution in [3.63, 3.8) is 0 Å². The van der Waals surface area contributed by atoms with Crippen LogP contribution < -0.4 is 15.0 Å². The van der Waals surface area contributed by atoms with Crippen molar-refractivity contribution in [2.45, 2.75) is 20.5 Å². The number of thiocarbonyl (C=S) groups is 1. The van der Waals surface area contributed by atoms with Crippen molar-refractivity contribution in [2.24, 2.45) is 0 Å². The molecule has 1 fully saturated rings. The molecule has 0 aromatic heterocycles. The Balaban J connectivity index is 1.59. The van der Waals surface area contributed by atoms with Crippen LogP contribution in [-0.4, -0.2) is 28.0 Å². The summed E-state index contributed by atoms with van der Waals surface area (Å²) in [4.78, 5) is 38.5. The summed E-state index contributed by atoms with van der Waals surface area (Å²) in [7, 11) is 0. The third-order valence-corrected chi connectivity index (χ3v) is 7.72. The number of anilines is 1. The van der Waals surface area contributed by atoms with E-state index in [-0.39, 0.29) is 22.9 Å². The molecule has 0 atom stereocenters. The van der Waals surface area contributed by atoms with Gasteiger partial charge in [-0.2, -0.15) is 0 Å². The van der Waals surface area contributed by atoms with Crippen molar-refractivity contribution < 1.29 is 24.2 Å². The van der Waals surface area contributed by atoms with Crippen molar-refractivity contribution in [3.8, 4) is 5.75 Å². The molecule has 10 heteroatoms. The number of hydrogen-bond acceptors (Lipinski definition) is 5. The van der Waals surface area contributed by atoms with Crippen molar-refractivity contribution in [1.82, 2.24) is 5.32 Å². The lowest BCUT2D eigenvalue weighted by molar-refractivity contribution is -0.122. The molecular weight excluding hydrogens is 718 g/mol. The highest BCUT2D eigenvalue weighted by atomic mass is 127. The van der Waals surface area contributed by atoms with Crippen molar-refractivity contribution in [1.29, 1.82) is 0 Å². The Hall–Kier alpha value is -2.84. The number of nitrogens with one attached hydrogen (secondary N) is 1. The number of rotatable bonds is 6. The zero-order valence-corrected chi connectivity index (χ0v) is 24.8. The van der Waals surface area contributed by atoms with Crippen molar-refractivity contribution >= 4 is 92.1 Å². The zero-order chi connectivity index (χ0) is 26.9. The van der Waals surface area contributed by atoms with E-state index in [2.05, 4.69) is 50.5 Å². The van der Waals surface area contributed by atoms with Gasteiger partial charge in [0.1, 0.15) is 17.9 Å². The summed E-state index contributed by atoms with van der Waals surface area (Å²) in [6, 6.07) is 15.7.